The van der Waals surface area contributed by atoms with E-state index in [-0.39, 0.29) is 6.61 Å². The maximum Gasteiger partial charge on any atom is 0.364 e. The number of carboxylic acids is 2. The van der Waals surface area contributed by atoms with Gasteiger partial charge in [-0.05, 0) is 22.3 Å². The number of aliphatic hydroxyl groups is 12. The van der Waals surface area contributed by atoms with Gasteiger partial charge >= 0.3 is 17.9 Å². The number of nitrogens with one attached hydrogen (secondary N) is 2. The van der Waals surface area contributed by atoms with Gasteiger partial charge in [-0.3, -0.25) is 19.2 Å². The molecule has 2 aromatic rings. The Balaban J connectivity index is 1.09. The van der Waals surface area contributed by atoms with Gasteiger partial charge in [-0.2, -0.15) is 0 Å². The third kappa shape index (κ3) is 13.0. The number of hydrogen-bond donors (Lipinski definition) is 16. The number of esters is 1. The molecule has 4 aliphatic heterocycles. The summed E-state index contributed by atoms with van der Waals surface area (Å²) in [4.78, 5) is 63.8. The second-order valence-corrected chi connectivity index (χ2v) is 19.6. The fraction of sp³-hybridized carbons (Fsp3) is 0.653. The summed E-state index contributed by atoms with van der Waals surface area (Å²) in [6.45, 7) is -3.62. The lowest BCUT2D eigenvalue weighted by molar-refractivity contribution is -0.388. The molecule has 0 aromatic heterocycles. The molecule has 0 saturated carbocycles. The Labute approximate surface area is 448 Å². The highest BCUT2D eigenvalue weighted by Crippen LogP contribution is 2.45. The maximum absolute atomic E-state index is 13.5. The molecule has 1 aliphatic carbocycles. The number of carboxylic acid groups (broad SMARTS) is 2. The fourth-order valence-electron chi connectivity index (χ4n) is 10.3. The second-order valence-electron chi connectivity index (χ2n) is 19.6. The molecular formula is C49H66N2O28. The van der Waals surface area contributed by atoms with Crippen LogP contribution in [0.25, 0.3) is 11.1 Å². The molecule has 30 heteroatoms. The normalized spacial score (nSPS) is 36.7. The summed E-state index contributed by atoms with van der Waals surface area (Å²) in [7, 11) is 0. The highest BCUT2D eigenvalue weighted by Gasteiger charge is 2.61. The van der Waals surface area contributed by atoms with Crippen LogP contribution in [0, 0.1) is 5.92 Å². The molecule has 4 heterocycles. The van der Waals surface area contributed by atoms with E-state index in [2.05, 4.69) is 10.6 Å². The highest BCUT2D eigenvalue weighted by atomic mass is 16.8. The summed E-state index contributed by atoms with van der Waals surface area (Å²) < 4.78 is 51.7. The average Bonchev–Trinajstić information content (AvgIpc) is 3.87. The number of carbonyl (C=O) groups is 5. The Hall–Kier alpha value is -5.01. The van der Waals surface area contributed by atoms with E-state index in [1.54, 1.807) is 12.1 Å². The van der Waals surface area contributed by atoms with Crippen molar-refractivity contribution in [3.63, 3.8) is 0 Å². The topological polar surface area (TPSA) is 476 Å². The molecule has 22 atom stereocenters. The number of fused-ring (bicyclic) bond motifs is 3. The molecule has 0 bridgehead atoms. The number of hydrogen-bond acceptors (Lipinski definition) is 26. The number of aliphatic hydroxyl groups excluding tert-OH is 12. The zero-order valence-corrected chi connectivity index (χ0v) is 42.2. The molecule has 4 saturated heterocycles. The average molecular weight is 1130 g/mol. The first-order valence-electron chi connectivity index (χ1n) is 25.0. The van der Waals surface area contributed by atoms with Gasteiger partial charge < -0.3 is 125 Å². The van der Waals surface area contributed by atoms with Crippen LogP contribution in [0.2, 0.25) is 0 Å². The summed E-state index contributed by atoms with van der Waals surface area (Å²) in [5.41, 5.74) is 3.47. The van der Waals surface area contributed by atoms with E-state index in [1.165, 1.54) is 0 Å². The number of carbonyl (C=O) groups excluding carboxylic acids is 3. The largest absolute Gasteiger partial charge is 0.481 e. The van der Waals surface area contributed by atoms with Gasteiger partial charge in [0, 0.05) is 26.2 Å². The van der Waals surface area contributed by atoms with Crippen LogP contribution in [-0.2, 0) is 66.6 Å². The summed E-state index contributed by atoms with van der Waals surface area (Å²) in [6, 6.07) is 11.3. The van der Waals surface area contributed by atoms with Crippen molar-refractivity contribution in [2.24, 2.45) is 5.92 Å². The van der Waals surface area contributed by atoms with Gasteiger partial charge in [0.2, 0.25) is 11.8 Å². The SMILES string of the molecule is CC(=O)N[C@H]1[C@H](O[C@@H]2[C@@H](OCC(C(=O)O)C(=O)OCC3c4ccccc4-c4ccccc43)O[C@H](CO)[C@@H](O)[C@@H]2O)O[C@H](CO)[C@@H](O[C@@H]2O[C@H](CO)[C@H](O)[C@H](O[C@]3(C(=O)O)C[C@H](O)[C@@H](NC(C)=O)[C@H]([C@H](O)[C@H](O)CO)O3)[C@H]2O)[C@@H]1O. The molecule has 2 aromatic carbocycles. The lowest BCUT2D eigenvalue weighted by Gasteiger charge is -2.51. The Kier molecular flexibility index (Phi) is 20.5. The van der Waals surface area contributed by atoms with E-state index >= 15 is 0 Å². The summed E-state index contributed by atoms with van der Waals surface area (Å²) in [6.07, 6.45) is -38.0. The molecular weight excluding hydrogens is 1060 g/mol. The standard InChI is InChI=1S/C49H66N2O28/c1-18(56)50-31-26(58)11-49(48(69)70,78-40(31)33(60)27(59)12-52)79-41-35(62)29(14-54)73-46(38(41)65)76-39-30(15-55)75-45(32(36(39)63)51-19(2)57)77-42-37(64)34(61)28(13-53)74-47(42)72-17-25(43(66)67)44(68)71-16-24-22-9-5-3-7-20(22)21-8-4-6-10-23(21)24/h3-10,24-42,45-47,52-55,58-65H,11-17H2,1-2H3,(H,50,56)(H,51,57)(H,66,67)(H,69,70)/t25?,26-,27+,28+,29+,30+,31+,32+,33+,34+,35-,36+,37-,38+,39+,40+,41-,42-,45-,46-,47-,49-/m0/s1. The first kappa shape index (κ1) is 61.6. The Morgan fingerprint density at radius 2 is 1.20 bits per heavy atom. The van der Waals surface area contributed by atoms with Crippen molar-refractivity contribution in [3.8, 4) is 11.1 Å². The predicted molar refractivity (Wildman–Crippen MR) is 254 cm³/mol. The smallest absolute Gasteiger partial charge is 0.364 e. The third-order valence-corrected chi connectivity index (χ3v) is 14.3. The van der Waals surface area contributed by atoms with Crippen molar-refractivity contribution in [1.29, 1.82) is 0 Å². The van der Waals surface area contributed by atoms with Crippen LogP contribution < -0.4 is 10.6 Å². The molecule has 79 heavy (non-hydrogen) atoms. The van der Waals surface area contributed by atoms with E-state index in [0.29, 0.717) is 0 Å². The Bertz CT molecular complexity index is 2390. The molecule has 0 spiro atoms. The van der Waals surface area contributed by atoms with Crippen molar-refractivity contribution in [2.75, 3.05) is 39.6 Å². The lowest BCUT2D eigenvalue weighted by atomic mass is 9.88. The van der Waals surface area contributed by atoms with Crippen LogP contribution in [0.15, 0.2) is 48.5 Å². The minimum atomic E-state index is -3.18. The molecule has 4 fully saturated rings. The van der Waals surface area contributed by atoms with Gasteiger partial charge in [-0.25, -0.2) is 4.79 Å². The van der Waals surface area contributed by atoms with E-state index in [9.17, 15) is 95.5 Å². The van der Waals surface area contributed by atoms with Crippen LogP contribution in [0.4, 0.5) is 0 Å². The van der Waals surface area contributed by atoms with Crippen molar-refractivity contribution < 1.29 is 138 Å². The minimum Gasteiger partial charge on any atom is -0.481 e. The second kappa shape index (κ2) is 26.3. The highest BCUT2D eigenvalue weighted by molar-refractivity contribution is 5.94. The third-order valence-electron chi connectivity index (χ3n) is 14.3. The summed E-state index contributed by atoms with van der Waals surface area (Å²) >= 11 is 0. The number of ether oxygens (including phenoxy) is 9. The van der Waals surface area contributed by atoms with Crippen molar-refractivity contribution in [3.05, 3.63) is 59.7 Å². The minimum absolute atomic E-state index is 0.272. The molecule has 16 N–H and O–H groups in total. The van der Waals surface area contributed by atoms with Gasteiger partial charge in [0.25, 0.3) is 5.79 Å². The zero-order chi connectivity index (χ0) is 57.8. The van der Waals surface area contributed by atoms with Crippen LogP contribution in [0.5, 0.6) is 0 Å². The van der Waals surface area contributed by atoms with Gasteiger partial charge in [-0.1, -0.05) is 48.5 Å². The molecule has 5 aliphatic rings. The zero-order valence-electron chi connectivity index (χ0n) is 42.2. The Morgan fingerprint density at radius 1 is 0.658 bits per heavy atom. The van der Waals surface area contributed by atoms with Gasteiger partial charge in [-0.15, -0.1) is 0 Å². The van der Waals surface area contributed by atoms with E-state index in [4.69, 9.17) is 42.6 Å². The van der Waals surface area contributed by atoms with Crippen LogP contribution in [0.1, 0.15) is 37.3 Å². The maximum atomic E-state index is 13.5. The van der Waals surface area contributed by atoms with E-state index < -0.39 is 209 Å². The van der Waals surface area contributed by atoms with Crippen LogP contribution >= 0.6 is 0 Å². The van der Waals surface area contributed by atoms with E-state index in [0.717, 1.165) is 36.1 Å². The van der Waals surface area contributed by atoms with Gasteiger partial charge in [0.15, 0.2) is 24.8 Å². The van der Waals surface area contributed by atoms with Gasteiger partial charge in [0.1, 0.15) is 98.1 Å². The van der Waals surface area contributed by atoms with Crippen LogP contribution in [0.3, 0.4) is 0 Å². The Morgan fingerprint density at radius 3 is 1.76 bits per heavy atom. The quantitative estimate of drug-likeness (QED) is 0.0385. The lowest BCUT2D eigenvalue weighted by Crippen LogP contribution is -2.71. The molecule has 30 nitrogen and oxygen atoms in total. The molecule has 1 unspecified atom stereocenters. The van der Waals surface area contributed by atoms with Crippen molar-refractivity contribution in [1.82, 2.24) is 10.6 Å². The molecule has 2 amide bonds. The first-order valence-corrected chi connectivity index (χ1v) is 25.0. The first-order chi connectivity index (χ1) is 37.5. The van der Waals surface area contributed by atoms with Crippen molar-refractivity contribution >= 4 is 29.7 Å². The summed E-state index contributed by atoms with van der Waals surface area (Å²) in [5, 5.41) is 155. The number of amides is 2. The fourth-order valence-corrected chi connectivity index (χ4v) is 10.3. The monoisotopic (exact) mass is 1130 g/mol. The number of aliphatic carboxylic acids is 2. The molecule has 440 valence electrons. The van der Waals surface area contributed by atoms with Crippen LogP contribution in [-0.4, -0.2) is 269 Å². The van der Waals surface area contributed by atoms with Gasteiger partial charge in [0.05, 0.1) is 45.2 Å². The number of rotatable bonds is 22. The van der Waals surface area contributed by atoms with E-state index in [1.807, 2.05) is 36.4 Å². The molecule has 0 radical (unpaired) electrons. The predicted octanol–water partition coefficient (Wildman–Crippen LogP) is -7.17. The number of benzene rings is 2. The van der Waals surface area contributed by atoms with Crippen molar-refractivity contribution in [2.45, 2.75) is 154 Å². The summed E-state index contributed by atoms with van der Waals surface area (Å²) in [5.74, 6) is -12.4. The molecule has 7 rings (SSSR count).